The average molecular weight is 289 g/mol. The maximum Gasteiger partial charge on any atom is 0.0123 e. The molecule has 0 aliphatic carbocycles. The Morgan fingerprint density at radius 2 is 1.53 bits per heavy atom. The van der Waals surface area contributed by atoms with Crippen LogP contribution in [0.4, 0.5) is 0 Å². The first kappa shape index (κ1) is 12.4. The van der Waals surface area contributed by atoms with Crippen LogP contribution in [-0.2, 0) is 5.41 Å². The van der Waals surface area contributed by atoms with E-state index in [1.807, 2.05) is 0 Å². The van der Waals surface area contributed by atoms with Crippen LogP contribution < -0.4 is 0 Å². The molecular weight excluding hydrogens is 272 g/mol. The lowest BCUT2D eigenvalue weighted by molar-refractivity contribution is 0.607. The molecule has 0 bridgehead atoms. The molecule has 1 heteroatoms. The molecule has 0 saturated heterocycles. The van der Waals surface area contributed by atoms with Gasteiger partial charge < -0.3 is 0 Å². The maximum absolute atomic E-state index is 3.59. The van der Waals surface area contributed by atoms with Crippen LogP contribution in [0.5, 0.6) is 0 Å². The fourth-order valence-corrected chi connectivity index (χ4v) is 2.15. The van der Waals surface area contributed by atoms with Gasteiger partial charge in [0.25, 0.3) is 0 Å². The minimum absolute atomic E-state index is 0.171. The van der Waals surface area contributed by atoms with Gasteiger partial charge in [-0.1, -0.05) is 84.4 Å². The van der Waals surface area contributed by atoms with Gasteiger partial charge in [0.2, 0.25) is 0 Å². The van der Waals surface area contributed by atoms with E-state index >= 15 is 0 Å². The standard InChI is InChI=1S/C16H17Br/c1-16(2,12-17)15-10-6-9-14(11-15)13-7-4-3-5-8-13/h3-11H,12H2,1-2H3. The van der Waals surface area contributed by atoms with E-state index in [-0.39, 0.29) is 5.41 Å². The molecular formula is C16H17Br. The summed E-state index contributed by atoms with van der Waals surface area (Å²) in [5.41, 5.74) is 4.11. The molecule has 2 aromatic rings. The molecule has 0 fully saturated rings. The van der Waals surface area contributed by atoms with Crippen LogP contribution >= 0.6 is 15.9 Å². The Labute approximate surface area is 112 Å². The summed E-state index contributed by atoms with van der Waals surface area (Å²) in [6, 6.07) is 19.3. The molecule has 2 rings (SSSR count). The predicted molar refractivity (Wildman–Crippen MR) is 78.7 cm³/mol. The highest BCUT2D eigenvalue weighted by Gasteiger charge is 2.18. The fraction of sp³-hybridized carbons (Fsp3) is 0.250. The summed E-state index contributed by atoms with van der Waals surface area (Å²) in [6.07, 6.45) is 0. The molecule has 0 saturated carbocycles. The highest BCUT2D eigenvalue weighted by molar-refractivity contribution is 9.09. The third kappa shape index (κ3) is 2.78. The predicted octanol–water partition coefficient (Wildman–Crippen LogP) is 5.03. The second-order valence-corrected chi connectivity index (χ2v) is 5.53. The third-order valence-corrected chi connectivity index (χ3v) is 4.49. The summed E-state index contributed by atoms with van der Waals surface area (Å²) < 4.78 is 0. The van der Waals surface area contributed by atoms with Crippen molar-refractivity contribution in [3.05, 3.63) is 60.2 Å². The Bertz CT molecular complexity index is 486. The van der Waals surface area contributed by atoms with Crippen molar-refractivity contribution >= 4 is 15.9 Å². The molecule has 0 spiro atoms. The highest BCUT2D eigenvalue weighted by atomic mass is 79.9. The summed E-state index contributed by atoms with van der Waals surface area (Å²) in [6.45, 7) is 4.51. The first-order valence-electron chi connectivity index (χ1n) is 5.85. The molecule has 0 aliphatic heterocycles. The van der Waals surface area contributed by atoms with Crippen molar-refractivity contribution < 1.29 is 0 Å². The molecule has 0 amide bonds. The van der Waals surface area contributed by atoms with Crippen LogP contribution in [0.3, 0.4) is 0 Å². The van der Waals surface area contributed by atoms with Gasteiger partial charge >= 0.3 is 0 Å². The molecule has 0 unspecified atom stereocenters. The molecule has 0 atom stereocenters. The van der Waals surface area contributed by atoms with Crippen molar-refractivity contribution in [2.75, 3.05) is 5.33 Å². The SMILES string of the molecule is CC(C)(CBr)c1cccc(-c2ccccc2)c1. The largest absolute Gasteiger partial charge is 0.0919 e. The smallest absolute Gasteiger partial charge is 0.0123 e. The number of benzene rings is 2. The van der Waals surface area contributed by atoms with Crippen molar-refractivity contribution in [1.82, 2.24) is 0 Å². The minimum Gasteiger partial charge on any atom is -0.0919 e. The molecule has 2 aromatic carbocycles. The quantitative estimate of drug-likeness (QED) is 0.695. The van der Waals surface area contributed by atoms with E-state index < -0.39 is 0 Å². The molecule has 0 radical (unpaired) electrons. The topological polar surface area (TPSA) is 0 Å². The average Bonchev–Trinajstić information content (AvgIpc) is 2.40. The lowest BCUT2D eigenvalue weighted by Gasteiger charge is -2.23. The Morgan fingerprint density at radius 1 is 0.882 bits per heavy atom. The zero-order valence-corrected chi connectivity index (χ0v) is 11.9. The Kier molecular flexibility index (Phi) is 3.68. The Morgan fingerprint density at radius 3 is 2.18 bits per heavy atom. The van der Waals surface area contributed by atoms with Gasteiger partial charge in [-0.05, 0) is 22.1 Å². The van der Waals surface area contributed by atoms with Crippen LogP contribution in [0, 0.1) is 0 Å². The van der Waals surface area contributed by atoms with Crippen molar-refractivity contribution in [3.63, 3.8) is 0 Å². The Balaban J connectivity index is 2.42. The zero-order valence-electron chi connectivity index (χ0n) is 10.3. The summed E-state index contributed by atoms with van der Waals surface area (Å²) in [5, 5.41) is 0.970. The summed E-state index contributed by atoms with van der Waals surface area (Å²) in [5.74, 6) is 0. The molecule has 0 N–H and O–H groups in total. The van der Waals surface area contributed by atoms with Gasteiger partial charge in [0.15, 0.2) is 0 Å². The van der Waals surface area contributed by atoms with Gasteiger partial charge in [0, 0.05) is 5.33 Å². The first-order valence-corrected chi connectivity index (χ1v) is 6.97. The van der Waals surface area contributed by atoms with Crippen LogP contribution in [0.1, 0.15) is 19.4 Å². The van der Waals surface area contributed by atoms with E-state index in [0.29, 0.717) is 0 Å². The number of hydrogen-bond donors (Lipinski definition) is 0. The number of hydrogen-bond acceptors (Lipinski definition) is 0. The van der Waals surface area contributed by atoms with Crippen LogP contribution in [-0.4, -0.2) is 5.33 Å². The summed E-state index contributed by atoms with van der Waals surface area (Å²) in [4.78, 5) is 0. The molecule has 0 nitrogen and oxygen atoms in total. The van der Waals surface area contributed by atoms with E-state index in [9.17, 15) is 0 Å². The monoisotopic (exact) mass is 288 g/mol. The summed E-state index contributed by atoms with van der Waals surface area (Å²) >= 11 is 3.59. The highest BCUT2D eigenvalue weighted by Crippen LogP contribution is 2.29. The first-order chi connectivity index (χ1) is 8.13. The van der Waals surface area contributed by atoms with E-state index in [1.54, 1.807) is 0 Å². The lowest BCUT2D eigenvalue weighted by atomic mass is 9.85. The third-order valence-electron chi connectivity index (χ3n) is 3.09. The van der Waals surface area contributed by atoms with Crippen molar-refractivity contribution in [2.24, 2.45) is 0 Å². The molecule has 88 valence electrons. The van der Waals surface area contributed by atoms with Crippen molar-refractivity contribution in [1.29, 1.82) is 0 Å². The molecule has 0 heterocycles. The van der Waals surface area contributed by atoms with Crippen molar-refractivity contribution in [3.8, 4) is 11.1 Å². The molecule has 0 aromatic heterocycles. The molecule has 0 aliphatic rings. The second kappa shape index (κ2) is 5.05. The minimum atomic E-state index is 0.171. The molecule has 17 heavy (non-hydrogen) atoms. The van der Waals surface area contributed by atoms with E-state index in [1.165, 1.54) is 16.7 Å². The summed E-state index contributed by atoms with van der Waals surface area (Å²) in [7, 11) is 0. The van der Waals surface area contributed by atoms with Gasteiger partial charge in [0.1, 0.15) is 0 Å². The number of rotatable bonds is 3. The van der Waals surface area contributed by atoms with Crippen LogP contribution in [0.2, 0.25) is 0 Å². The van der Waals surface area contributed by atoms with E-state index in [0.717, 1.165) is 5.33 Å². The normalized spacial score (nSPS) is 11.5. The van der Waals surface area contributed by atoms with E-state index in [2.05, 4.69) is 84.4 Å². The van der Waals surface area contributed by atoms with Crippen LogP contribution in [0.15, 0.2) is 54.6 Å². The maximum atomic E-state index is 3.59. The Hall–Kier alpha value is -1.08. The fourth-order valence-electron chi connectivity index (χ4n) is 1.83. The van der Waals surface area contributed by atoms with Gasteiger partial charge in [-0.3, -0.25) is 0 Å². The van der Waals surface area contributed by atoms with Gasteiger partial charge in [0.05, 0.1) is 0 Å². The number of alkyl halides is 1. The van der Waals surface area contributed by atoms with E-state index in [4.69, 9.17) is 0 Å². The van der Waals surface area contributed by atoms with Gasteiger partial charge in [-0.15, -0.1) is 0 Å². The van der Waals surface area contributed by atoms with Crippen molar-refractivity contribution in [2.45, 2.75) is 19.3 Å². The van der Waals surface area contributed by atoms with Crippen LogP contribution in [0.25, 0.3) is 11.1 Å². The lowest BCUT2D eigenvalue weighted by Crippen LogP contribution is -2.18. The number of halogens is 1. The second-order valence-electron chi connectivity index (χ2n) is 4.96. The van der Waals surface area contributed by atoms with Gasteiger partial charge in [-0.2, -0.15) is 0 Å². The zero-order chi connectivity index (χ0) is 12.3. The van der Waals surface area contributed by atoms with Gasteiger partial charge in [-0.25, -0.2) is 0 Å².